The maximum atomic E-state index is 12.8. The summed E-state index contributed by atoms with van der Waals surface area (Å²) < 4.78 is 12.8. The molecule has 0 amide bonds. The van der Waals surface area contributed by atoms with E-state index in [-0.39, 0.29) is 5.56 Å². The van der Waals surface area contributed by atoms with E-state index >= 15 is 0 Å². The van der Waals surface area contributed by atoms with E-state index < -0.39 is 24.8 Å². The molecule has 0 saturated carbocycles. The maximum absolute atomic E-state index is 12.8. The first-order chi connectivity index (χ1) is 12.3. The van der Waals surface area contributed by atoms with Crippen molar-refractivity contribution in [1.29, 1.82) is 0 Å². The number of rotatable bonds is 7. The molecule has 1 unspecified atom stereocenters. The number of ketones is 1. The summed E-state index contributed by atoms with van der Waals surface area (Å²) in [6, 6.07) is 3.58. The summed E-state index contributed by atoms with van der Waals surface area (Å²) in [5.74, 6) is -0.542. The Bertz CT molecular complexity index is 885. The van der Waals surface area contributed by atoms with Crippen LogP contribution in [0.25, 0.3) is 0 Å². The van der Waals surface area contributed by atoms with Crippen LogP contribution in [0, 0.1) is 20.8 Å². The quantitative estimate of drug-likeness (QED) is 0.383. The van der Waals surface area contributed by atoms with Gasteiger partial charge in [-0.3, -0.25) is 14.2 Å². The second-order valence-corrected chi connectivity index (χ2v) is 9.61. The molecule has 0 aliphatic heterocycles. The van der Waals surface area contributed by atoms with E-state index in [2.05, 4.69) is 6.58 Å². The monoisotopic (exact) mass is 388 g/mol. The van der Waals surface area contributed by atoms with E-state index in [1.165, 1.54) is 0 Å². The van der Waals surface area contributed by atoms with Crippen molar-refractivity contribution in [3.63, 3.8) is 0 Å². The Morgan fingerprint density at radius 2 is 1.56 bits per heavy atom. The first-order valence-electron chi connectivity index (χ1n) is 8.77. The van der Waals surface area contributed by atoms with Gasteiger partial charge in [-0.15, -0.1) is 0 Å². The summed E-state index contributed by atoms with van der Waals surface area (Å²) >= 11 is 0. The highest BCUT2D eigenvalue weighted by atomic mass is 31.2. The lowest BCUT2D eigenvalue weighted by Crippen LogP contribution is -2.16. The Balaban J connectivity index is 3.26. The Hall–Kier alpha value is -2.03. The molecule has 1 atom stereocenters. The largest absolute Gasteiger partial charge is 0.339 e. The minimum absolute atomic E-state index is 0.223. The van der Waals surface area contributed by atoms with Gasteiger partial charge in [-0.1, -0.05) is 41.5 Å². The van der Waals surface area contributed by atoms with Gasteiger partial charge in [0.05, 0.1) is 6.16 Å². The molecule has 4 nitrogen and oxygen atoms in total. The second-order valence-electron chi connectivity index (χ2n) is 7.48. The number of hydrogen-bond donors (Lipinski definition) is 1. The van der Waals surface area contributed by atoms with E-state index in [9.17, 15) is 19.0 Å². The van der Waals surface area contributed by atoms with E-state index in [4.69, 9.17) is 0 Å². The van der Waals surface area contributed by atoms with Crippen LogP contribution in [0.3, 0.4) is 0 Å². The normalized spacial score (nSPS) is 12.7. The van der Waals surface area contributed by atoms with E-state index in [0.717, 1.165) is 11.1 Å². The van der Waals surface area contributed by atoms with Crippen molar-refractivity contribution in [3.8, 4) is 0 Å². The van der Waals surface area contributed by atoms with E-state index in [1.54, 1.807) is 45.9 Å². The van der Waals surface area contributed by atoms with Crippen molar-refractivity contribution < 1.29 is 19.0 Å². The van der Waals surface area contributed by atoms with Gasteiger partial charge in [-0.2, -0.15) is 0 Å². The smallest absolute Gasteiger partial charge is 0.276 e. The fourth-order valence-corrected chi connectivity index (χ4v) is 4.63. The summed E-state index contributed by atoms with van der Waals surface area (Å²) in [6.45, 7) is 16.5. The molecule has 0 bridgehead atoms. The fraction of sp³-hybridized carbons (Fsp3) is 0.364. The first kappa shape index (κ1) is 23.0. The molecule has 1 N–H and O–H groups in total. The first-order valence-corrected chi connectivity index (χ1v) is 10.6. The molecule has 0 spiro atoms. The molecule has 27 heavy (non-hydrogen) atoms. The van der Waals surface area contributed by atoms with Gasteiger partial charge in [-0.05, 0) is 65.2 Å². The van der Waals surface area contributed by atoms with Crippen molar-refractivity contribution in [2.75, 3.05) is 6.16 Å². The molecule has 0 aliphatic rings. The molecule has 0 fully saturated rings. The van der Waals surface area contributed by atoms with Gasteiger partial charge in [0.15, 0.2) is 5.78 Å². The van der Waals surface area contributed by atoms with Crippen LogP contribution in [-0.4, -0.2) is 22.4 Å². The van der Waals surface area contributed by atoms with Crippen LogP contribution >= 0.6 is 7.37 Å². The molecule has 1 rings (SSSR count). The third-order valence-corrected chi connectivity index (χ3v) is 5.70. The lowest BCUT2D eigenvalue weighted by Gasteiger charge is -2.16. The minimum atomic E-state index is -4.38. The number of aryl methyl sites for hydroxylation is 3. The molecule has 1 aromatic rings. The Labute approximate surface area is 162 Å². The average molecular weight is 388 g/mol. The van der Waals surface area contributed by atoms with Crippen LogP contribution < -0.4 is 0 Å². The lowest BCUT2D eigenvalue weighted by atomic mass is 9.98. The zero-order valence-electron chi connectivity index (χ0n) is 17.3. The third kappa shape index (κ3) is 5.72. The minimum Gasteiger partial charge on any atom is -0.339 e. The topological polar surface area (TPSA) is 71.4 Å². The van der Waals surface area contributed by atoms with Crippen LogP contribution in [0.15, 0.2) is 47.1 Å². The van der Waals surface area contributed by atoms with E-state index in [1.807, 2.05) is 20.8 Å². The molecular weight excluding hydrogens is 359 g/mol. The van der Waals surface area contributed by atoms with Crippen molar-refractivity contribution >= 4 is 18.7 Å². The SMILES string of the molecule is C=C(C=C(C)C)C(C(=O)CP(=O)(O)C(=O)c1c(C)cc(C)cc1C)=C(C)C. The third-order valence-electron chi connectivity index (χ3n) is 4.13. The second kappa shape index (κ2) is 8.77. The van der Waals surface area contributed by atoms with E-state index in [0.29, 0.717) is 27.8 Å². The van der Waals surface area contributed by atoms with Crippen LogP contribution in [0.5, 0.6) is 0 Å². The zero-order valence-corrected chi connectivity index (χ0v) is 18.2. The van der Waals surface area contributed by atoms with Crippen molar-refractivity contribution in [2.45, 2.75) is 48.5 Å². The van der Waals surface area contributed by atoms with Crippen molar-refractivity contribution in [2.24, 2.45) is 0 Å². The highest BCUT2D eigenvalue weighted by Crippen LogP contribution is 2.46. The molecule has 0 heterocycles. The standard InChI is InChI=1S/C22H29O4P/c1-13(2)9-16(6)20(14(3)4)19(23)12-27(25,26)22(24)21-17(7)10-15(5)11-18(21)8/h9-11H,6,12H2,1-5,7-8H3,(H,25,26). The Morgan fingerprint density at radius 3 is 1.96 bits per heavy atom. The predicted octanol–water partition coefficient (Wildman–Crippen LogP) is 5.45. The molecule has 1 aromatic carbocycles. The molecule has 0 radical (unpaired) electrons. The predicted molar refractivity (Wildman–Crippen MR) is 112 cm³/mol. The van der Waals surface area contributed by atoms with Gasteiger partial charge >= 0.3 is 0 Å². The van der Waals surface area contributed by atoms with Crippen LogP contribution in [0.4, 0.5) is 0 Å². The molecule has 0 saturated heterocycles. The molecule has 146 valence electrons. The van der Waals surface area contributed by atoms with Crippen LogP contribution in [0.2, 0.25) is 0 Å². The highest BCUT2D eigenvalue weighted by Gasteiger charge is 2.35. The summed E-state index contributed by atoms with van der Waals surface area (Å²) in [6.07, 6.45) is 1.02. The highest BCUT2D eigenvalue weighted by molar-refractivity contribution is 7.76. The molecule has 5 heteroatoms. The van der Waals surface area contributed by atoms with Gasteiger partial charge in [-0.25, -0.2) is 0 Å². The number of benzene rings is 1. The van der Waals surface area contributed by atoms with Crippen molar-refractivity contribution in [1.82, 2.24) is 0 Å². The maximum Gasteiger partial charge on any atom is 0.276 e. The number of carbonyl (C=O) groups is 2. The van der Waals surface area contributed by atoms with Crippen molar-refractivity contribution in [3.05, 3.63) is 69.3 Å². The van der Waals surface area contributed by atoms with Gasteiger partial charge in [0.25, 0.3) is 7.37 Å². The van der Waals surface area contributed by atoms with Crippen LogP contribution in [-0.2, 0) is 9.36 Å². The lowest BCUT2D eigenvalue weighted by molar-refractivity contribution is -0.113. The number of Topliss-reactive ketones (excluding diaryl/α,β-unsaturated/α-hetero) is 1. The number of allylic oxidation sites excluding steroid dienone is 5. The number of carbonyl (C=O) groups excluding carboxylic acids is 2. The molecule has 0 aromatic heterocycles. The fourth-order valence-electron chi connectivity index (χ4n) is 3.24. The molecular formula is C22H29O4P. The van der Waals surface area contributed by atoms with Gasteiger partial charge < -0.3 is 4.89 Å². The van der Waals surface area contributed by atoms with Gasteiger partial charge in [0.1, 0.15) is 0 Å². The Kier molecular flexibility index (Phi) is 7.48. The Morgan fingerprint density at radius 1 is 1.07 bits per heavy atom. The van der Waals surface area contributed by atoms with Crippen LogP contribution in [0.1, 0.15) is 54.7 Å². The molecule has 0 aliphatic carbocycles. The van der Waals surface area contributed by atoms with Gasteiger partial charge in [0, 0.05) is 11.1 Å². The summed E-state index contributed by atoms with van der Waals surface area (Å²) in [7, 11) is -4.38. The summed E-state index contributed by atoms with van der Waals surface area (Å²) in [5.41, 5.74) is 4.03. The number of hydrogen-bond acceptors (Lipinski definition) is 3. The zero-order chi connectivity index (χ0) is 21.1. The summed E-state index contributed by atoms with van der Waals surface area (Å²) in [5, 5.41) is 0. The summed E-state index contributed by atoms with van der Waals surface area (Å²) in [4.78, 5) is 36.0. The average Bonchev–Trinajstić information content (AvgIpc) is 2.43. The van der Waals surface area contributed by atoms with Gasteiger partial charge in [0.2, 0.25) is 5.52 Å².